The van der Waals surface area contributed by atoms with Gasteiger partial charge in [0.05, 0.1) is 27.4 Å². The van der Waals surface area contributed by atoms with Crippen molar-refractivity contribution in [2.45, 2.75) is 24.7 Å². The van der Waals surface area contributed by atoms with Gasteiger partial charge in [-0.15, -0.1) is 0 Å². The highest BCUT2D eigenvalue weighted by Gasteiger charge is 2.37. The Kier molecular flexibility index (Phi) is 4.98. The number of halogens is 1. The average Bonchev–Trinajstić information content (AvgIpc) is 2.59. The van der Waals surface area contributed by atoms with Crippen LogP contribution in [0.1, 0.15) is 51.6 Å². The Labute approximate surface area is 161 Å². The van der Waals surface area contributed by atoms with Crippen molar-refractivity contribution >= 4 is 44.7 Å². The molecule has 0 saturated heterocycles. The van der Waals surface area contributed by atoms with Crippen molar-refractivity contribution < 1.29 is 22.6 Å². The molecule has 2 aromatic carbocycles. The first-order valence-electron chi connectivity index (χ1n) is 8.24. The van der Waals surface area contributed by atoms with Crippen molar-refractivity contribution in [2.75, 3.05) is 17.6 Å². The minimum Gasteiger partial charge on any atom is -0.397 e. The summed E-state index contributed by atoms with van der Waals surface area (Å²) in [7, 11) is -4.70. The first-order chi connectivity index (χ1) is 12.7. The third-order valence-electron chi connectivity index (χ3n) is 4.39. The Morgan fingerprint density at radius 3 is 2.48 bits per heavy atom. The summed E-state index contributed by atoms with van der Waals surface area (Å²) in [4.78, 5) is 25.5. The van der Waals surface area contributed by atoms with Crippen molar-refractivity contribution in [3.8, 4) is 0 Å². The fourth-order valence-corrected chi connectivity index (χ4v) is 4.01. The van der Waals surface area contributed by atoms with Crippen LogP contribution in [0.25, 0.3) is 0 Å². The van der Waals surface area contributed by atoms with Gasteiger partial charge in [0.2, 0.25) is 0 Å². The lowest BCUT2D eigenvalue weighted by atomic mass is 9.82. The summed E-state index contributed by atoms with van der Waals surface area (Å²) in [6.45, 7) is 2.41. The Morgan fingerprint density at radius 2 is 1.85 bits per heavy atom. The van der Waals surface area contributed by atoms with Gasteiger partial charge in [-0.2, -0.15) is 8.42 Å². The average molecular weight is 409 g/mol. The summed E-state index contributed by atoms with van der Waals surface area (Å²) in [5.41, 5.74) is 5.35. The Hall–Kier alpha value is -2.42. The van der Waals surface area contributed by atoms with Gasteiger partial charge in [-0.25, -0.2) is 0 Å². The standard InChI is InChI=1S/C18H17ClN2O5S/c1-2-3-7-21-11-8-12(27(24,25)26)16(20)15-14(11)18(23)13-9(17(15)22)5-4-6-10(13)19/h4-6,8,21H,2-3,7,20H2,1H3,(H,24,25,26). The van der Waals surface area contributed by atoms with Crippen LogP contribution in [0.2, 0.25) is 5.02 Å². The van der Waals surface area contributed by atoms with Gasteiger partial charge in [0.25, 0.3) is 10.1 Å². The number of anilines is 2. The first-order valence-corrected chi connectivity index (χ1v) is 10.1. The predicted molar refractivity (Wildman–Crippen MR) is 102 cm³/mol. The maximum absolute atomic E-state index is 13.1. The minimum atomic E-state index is -4.70. The fraction of sp³-hybridized carbons (Fsp3) is 0.222. The molecule has 7 nitrogen and oxygen atoms in total. The van der Waals surface area contributed by atoms with Gasteiger partial charge in [0, 0.05) is 17.8 Å². The van der Waals surface area contributed by atoms with E-state index in [0.29, 0.717) is 6.54 Å². The summed E-state index contributed by atoms with van der Waals surface area (Å²) in [5.74, 6) is -1.15. The lowest BCUT2D eigenvalue weighted by Gasteiger charge is -2.24. The van der Waals surface area contributed by atoms with E-state index in [4.69, 9.17) is 17.3 Å². The highest BCUT2D eigenvalue weighted by molar-refractivity contribution is 7.86. The molecule has 0 radical (unpaired) electrons. The van der Waals surface area contributed by atoms with E-state index in [9.17, 15) is 22.6 Å². The van der Waals surface area contributed by atoms with Crippen LogP contribution in [0.5, 0.6) is 0 Å². The minimum absolute atomic E-state index is 0.0402. The topological polar surface area (TPSA) is 127 Å². The molecule has 0 amide bonds. The van der Waals surface area contributed by atoms with Crippen LogP contribution in [0.3, 0.4) is 0 Å². The van der Waals surface area contributed by atoms with E-state index in [-0.39, 0.29) is 33.0 Å². The number of nitrogen functional groups attached to an aromatic ring is 1. The highest BCUT2D eigenvalue weighted by Crippen LogP contribution is 2.40. The van der Waals surface area contributed by atoms with E-state index < -0.39 is 32.3 Å². The molecule has 0 saturated carbocycles. The number of fused-ring (bicyclic) bond motifs is 2. The molecular formula is C18H17ClN2O5S. The number of rotatable bonds is 5. The number of unbranched alkanes of at least 4 members (excludes halogenated alkanes) is 1. The molecule has 3 rings (SSSR count). The molecule has 0 bridgehead atoms. The number of nitrogens with one attached hydrogen (secondary N) is 1. The zero-order valence-corrected chi connectivity index (χ0v) is 15.9. The first kappa shape index (κ1) is 19.3. The molecule has 0 aliphatic heterocycles. The number of carbonyl (C=O) groups is 2. The normalized spacial score (nSPS) is 13.3. The van der Waals surface area contributed by atoms with E-state index in [1.54, 1.807) is 0 Å². The third-order valence-corrected chi connectivity index (χ3v) is 5.60. The predicted octanol–water partition coefficient (Wildman–Crippen LogP) is 3.16. The summed E-state index contributed by atoms with van der Waals surface area (Å²) in [6.07, 6.45) is 1.61. The van der Waals surface area contributed by atoms with E-state index >= 15 is 0 Å². The quantitative estimate of drug-likeness (QED) is 0.336. The van der Waals surface area contributed by atoms with Crippen LogP contribution in [-0.2, 0) is 10.1 Å². The van der Waals surface area contributed by atoms with Gasteiger partial charge in [-0.3, -0.25) is 14.1 Å². The number of nitrogens with two attached hydrogens (primary N) is 1. The second kappa shape index (κ2) is 6.95. The molecular weight excluding hydrogens is 392 g/mol. The molecule has 9 heteroatoms. The number of benzene rings is 2. The molecule has 0 fully saturated rings. The number of carbonyl (C=O) groups excluding carboxylic acids is 2. The van der Waals surface area contributed by atoms with Crippen molar-refractivity contribution in [3.63, 3.8) is 0 Å². The van der Waals surface area contributed by atoms with Gasteiger partial charge in [0.15, 0.2) is 11.6 Å². The molecule has 0 spiro atoms. The molecule has 4 N–H and O–H groups in total. The van der Waals surface area contributed by atoms with Crippen molar-refractivity contribution in [3.05, 3.63) is 51.5 Å². The van der Waals surface area contributed by atoms with Crippen LogP contribution in [0.4, 0.5) is 11.4 Å². The molecule has 0 aromatic heterocycles. The maximum Gasteiger partial charge on any atom is 0.296 e. The molecule has 0 heterocycles. The third kappa shape index (κ3) is 3.20. The molecule has 2 aromatic rings. The summed E-state index contributed by atoms with van der Waals surface area (Å²) >= 11 is 6.13. The zero-order valence-electron chi connectivity index (χ0n) is 14.4. The van der Waals surface area contributed by atoms with E-state index in [2.05, 4.69) is 5.32 Å². The molecule has 0 atom stereocenters. The summed E-state index contributed by atoms with van der Waals surface area (Å²) in [6, 6.07) is 5.51. The van der Waals surface area contributed by atoms with E-state index in [0.717, 1.165) is 18.9 Å². The number of hydrogen-bond donors (Lipinski definition) is 3. The van der Waals surface area contributed by atoms with Gasteiger partial charge in [0.1, 0.15) is 4.90 Å². The fourth-order valence-electron chi connectivity index (χ4n) is 3.10. The summed E-state index contributed by atoms with van der Waals surface area (Å²) in [5, 5.41) is 3.09. The van der Waals surface area contributed by atoms with E-state index in [1.165, 1.54) is 18.2 Å². The SMILES string of the molecule is CCCCNc1cc(S(=O)(=O)O)c(N)c2c1C(=O)c1c(Cl)cccc1C2=O. The van der Waals surface area contributed by atoms with Crippen molar-refractivity contribution in [2.24, 2.45) is 0 Å². The van der Waals surface area contributed by atoms with Crippen molar-refractivity contribution in [1.82, 2.24) is 0 Å². The maximum atomic E-state index is 13.1. The lowest BCUT2D eigenvalue weighted by molar-refractivity contribution is 0.0980. The van der Waals surface area contributed by atoms with Crippen LogP contribution >= 0.6 is 11.6 Å². The van der Waals surface area contributed by atoms with Gasteiger partial charge in [-0.05, 0) is 18.6 Å². The Bertz CT molecular complexity index is 1080. The molecule has 1 aliphatic carbocycles. The molecule has 142 valence electrons. The molecule has 1 aliphatic rings. The number of ketones is 2. The van der Waals surface area contributed by atoms with E-state index in [1.807, 2.05) is 6.92 Å². The Balaban J connectivity index is 2.34. The monoisotopic (exact) mass is 408 g/mol. The lowest BCUT2D eigenvalue weighted by Crippen LogP contribution is -2.26. The highest BCUT2D eigenvalue weighted by atomic mass is 35.5. The van der Waals surface area contributed by atoms with Crippen LogP contribution in [-0.4, -0.2) is 31.1 Å². The summed E-state index contributed by atoms with van der Waals surface area (Å²) < 4.78 is 33.0. The zero-order chi connectivity index (χ0) is 19.9. The van der Waals surface area contributed by atoms with Gasteiger partial charge < -0.3 is 11.1 Å². The smallest absolute Gasteiger partial charge is 0.296 e. The second-order valence-corrected chi connectivity index (χ2v) is 7.96. The number of hydrogen-bond acceptors (Lipinski definition) is 6. The largest absolute Gasteiger partial charge is 0.397 e. The second-order valence-electron chi connectivity index (χ2n) is 6.16. The van der Waals surface area contributed by atoms with Gasteiger partial charge in [-0.1, -0.05) is 37.1 Å². The van der Waals surface area contributed by atoms with Crippen LogP contribution in [0, 0.1) is 0 Å². The molecule has 0 unspecified atom stereocenters. The van der Waals surface area contributed by atoms with Crippen LogP contribution in [0.15, 0.2) is 29.2 Å². The molecule has 27 heavy (non-hydrogen) atoms. The van der Waals surface area contributed by atoms with Gasteiger partial charge >= 0.3 is 0 Å². The Morgan fingerprint density at radius 1 is 1.15 bits per heavy atom. The van der Waals surface area contributed by atoms with Crippen molar-refractivity contribution in [1.29, 1.82) is 0 Å². The van der Waals surface area contributed by atoms with Crippen LogP contribution < -0.4 is 11.1 Å².